The first-order valence-electron chi connectivity index (χ1n) is 8.83. The number of rotatable bonds is 2. The van der Waals surface area contributed by atoms with Gasteiger partial charge in [0.15, 0.2) is 6.79 Å². The van der Waals surface area contributed by atoms with E-state index in [1.54, 1.807) is 12.1 Å². The van der Waals surface area contributed by atoms with E-state index in [0.29, 0.717) is 29.4 Å². The average Bonchev–Trinajstić information content (AvgIpc) is 3.15. The molecule has 2 aromatic rings. The van der Waals surface area contributed by atoms with Crippen LogP contribution in [0, 0.1) is 0 Å². The van der Waals surface area contributed by atoms with Gasteiger partial charge in [-0.25, -0.2) is 4.79 Å². The minimum atomic E-state index is -0.962. The second kappa shape index (κ2) is 5.97. The standard InChI is InChI=1S/C20H17ClN2O4/c21-15-7-13(17-14(8-15)10-26-11-27-17)9-23-18(24)20(22-19(23)25)6-5-12-3-1-2-4-16(12)20/h1-4,7-8H,5-6,9-11H2,(H,22,25). The lowest BCUT2D eigenvalue weighted by molar-refractivity contribution is -0.132. The van der Waals surface area contributed by atoms with Gasteiger partial charge in [0.1, 0.15) is 11.3 Å². The zero-order valence-corrected chi connectivity index (χ0v) is 15.2. The Balaban J connectivity index is 1.51. The maximum atomic E-state index is 13.3. The molecule has 2 aromatic carbocycles. The molecule has 2 aliphatic heterocycles. The summed E-state index contributed by atoms with van der Waals surface area (Å²) in [6.07, 6.45) is 1.34. The lowest BCUT2D eigenvalue weighted by Gasteiger charge is -2.24. The minimum absolute atomic E-state index is 0.109. The number of hydrogen-bond donors (Lipinski definition) is 1. The van der Waals surface area contributed by atoms with Gasteiger partial charge >= 0.3 is 6.03 Å². The van der Waals surface area contributed by atoms with Gasteiger partial charge < -0.3 is 14.8 Å². The molecule has 5 rings (SSSR count). The normalized spacial score (nSPS) is 23.2. The van der Waals surface area contributed by atoms with E-state index in [4.69, 9.17) is 21.1 Å². The van der Waals surface area contributed by atoms with Crippen molar-refractivity contribution in [1.82, 2.24) is 10.2 Å². The van der Waals surface area contributed by atoms with Crippen molar-refractivity contribution in [2.45, 2.75) is 31.5 Å². The molecule has 3 aliphatic rings. The van der Waals surface area contributed by atoms with E-state index in [9.17, 15) is 9.59 Å². The predicted molar refractivity (Wildman–Crippen MR) is 97.3 cm³/mol. The molecule has 1 unspecified atom stereocenters. The van der Waals surface area contributed by atoms with E-state index in [-0.39, 0.29) is 19.2 Å². The van der Waals surface area contributed by atoms with Crippen molar-refractivity contribution < 1.29 is 19.1 Å². The summed E-state index contributed by atoms with van der Waals surface area (Å²) in [5.41, 5.74) is 2.55. The van der Waals surface area contributed by atoms with Crippen LogP contribution in [0.3, 0.4) is 0 Å². The Labute approximate surface area is 161 Å². The quantitative estimate of drug-likeness (QED) is 0.808. The third-order valence-corrected chi connectivity index (χ3v) is 5.72. The third kappa shape index (κ3) is 2.44. The van der Waals surface area contributed by atoms with Crippen molar-refractivity contribution in [2.75, 3.05) is 6.79 Å². The highest BCUT2D eigenvalue weighted by atomic mass is 35.5. The Morgan fingerprint density at radius 1 is 1.19 bits per heavy atom. The first kappa shape index (κ1) is 16.6. The van der Waals surface area contributed by atoms with Crippen molar-refractivity contribution in [1.29, 1.82) is 0 Å². The van der Waals surface area contributed by atoms with Crippen LogP contribution in [0.25, 0.3) is 0 Å². The van der Waals surface area contributed by atoms with Crippen LogP contribution in [0.15, 0.2) is 36.4 Å². The van der Waals surface area contributed by atoms with Crippen molar-refractivity contribution in [2.24, 2.45) is 0 Å². The summed E-state index contributed by atoms with van der Waals surface area (Å²) in [5.74, 6) is 0.414. The lowest BCUT2D eigenvalue weighted by atomic mass is 9.92. The molecule has 7 heteroatoms. The molecule has 0 bridgehead atoms. The van der Waals surface area contributed by atoms with E-state index < -0.39 is 11.6 Å². The summed E-state index contributed by atoms with van der Waals surface area (Å²) in [7, 11) is 0. The van der Waals surface area contributed by atoms with Crippen LogP contribution in [0.2, 0.25) is 5.02 Å². The zero-order chi connectivity index (χ0) is 18.6. The second-order valence-corrected chi connectivity index (χ2v) is 7.48. The van der Waals surface area contributed by atoms with Crippen LogP contribution in [-0.2, 0) is 34.6 Å². The van der Waals surface area contributed by atoms with Crippen LogP contribution >= 0.6 is 11.6 Å². The van der Waals surface area contributed by atoms with Gasteiger partial charge in [0, 0.05) is 16.1 Å². The summed E-state index contributed by atoms with van der Waals surface area (Å²) in [5, 5.41) is 3.46. The topological polar surface area (TPSA) is 67.9 Å². The van der Waals surface area contributed by atoms with Gasteiger partial charge in [-0.2, -0.15) is 0 Å². The van der Waals surface area contributed by atoms with E-state index in [1.807, 2.05) is 24.3 Å². The number of nitrogens with one attached hydrogen (secondary N) is 1. The van der Waals surface area contributed by atoms with E-state index >= 15 is 0 Å². The van der Waals surface area contributed by atoms with E-state index in [2.05, 4.69) is 5.32 Å². The predicted octanol–water partition coefficient (Wildman–Crippen LogP) is 3.10. The van der Waals surface area contributed by atoms with Crippen LogP contribution in [0.5, 0.6) is 5.75 Å². The highest BCUT2D eigenvalue weighted by Gasteiger charge is 2.55. The van der Waals surface area contributed by atoms with Gasteiger partial charge in [-0.3, -0.25) is 9.69 Å². The Bertz CT molecular complexity index is 976. The van der Waals surface area contributed by atoms with Gasteiger partial charge in [0.05, 0.1) is 13.2 Å². The fourth-order valence-corrected chi connectivity index (χ4v) is 4.54. The Morgan fingerprint density at radius 3 is 2.93 bits per heavy atom. The molecule has 0 radical (unpaired) electrons. The van der Waals surface area contributed by atoms with Gasteiger partial charge in [-0.15, -0.1) is 0 Å². The molecule has 27 heavy (non-hydrogen) atoms. The number of urea groups is 1. The maximum Gasteiger partial charge on any atom is 0.325 e. The summed E-state index contributed by atoms with van der Waals surface area (Å²) in [4.78, 5) is 27.3. The molecule has 1 saturated heterocycles. The first-order valence-corrected chi connectivity index (χ1v) is 9.21. The van der Waals surface area contributed by atoms with Crippen LogP contribution in [-0.4, -0.2) is 23.6 Å². The Hall–Kier alpha value is -2.57. The lowest BCUT2D eigenvalue weighted by Crippen LogP contribution is -2.41. The molecule has 1 spiro atoms. The summed E-state index contributed by atoms with van der Waals surface area (Å²) in [6, 6.07) is 10.9. The van der Waals surface area contributed by atoms with Crippen LogP contribution in [0.4, 0.5) is 4.79 Å². The maximum absolute atomic E-state index is 13.3. The molecule has 1 atom stereocenters. The number of ether oxygens (including phenoxy) is 2. The van der Waals surface area contributed by atoms with Gasteiger partial charge in [-0.1, -0.05) is 35.9 Å². The van der Waals surface area contributed by atoms with Gasteiger partial charge in [-0.05, 0) is 36.1 Å². The second-order valence-electron chi connectivity index (χ2n) is 7.05. The fraction of sp³-hybridized carbons (Fsp3) is 0.300. The smallest absolute Gasteiger partial charge is 0.325 e. The molecular formula is C20H17ClN2O4. The number of carbonyl (C=O) groups excluding carboxylic acids is 2. The SMILES string of the molecule is O=C1NC2(CCc3ccccc32)C(=O)N1Cc1cc(Cl)cc2c1OCOC2. The zero-order valence-electron chi connectivity index (χ0n) is 14.5. The van der Waals surface area contributed by atoms with Gasteiger partial charge in [0.25, 0.3) is 5.91 Å². The molecule has 6 nitrogen and oxygen atoms in total. The van der Waals surface area contributed by atoms with Crippen LogP contribution < -0.4 is 10.1 Å². The third-order valence-electron chi connectivity index (χ3n) is 5.50. The minimum Gasteiger partial charge on any atom is -0.467 e. The number of imide groups is 1. The molecule has 2 heterocycles. The number of benzene rings is 2. The molecule has 1 aliphatic carbocycles. The summed E-state index contributed by atoms with van der Waals surface area (Å²) < 4.78 is 10.9. The highest BCUT2D eigenvalue weighted by molar-refractivity contribution is 6.30. The molecule has 1 N–H and O–H groups in total. The number of fused-ring (bicyclic) bond motifs is 3. The molecule has 0 aromatic heterocycles. The van der Waals surface area contributed by atoms with Crippen LogP contribution in [0.1, 0.15) is 28.7 Å². The van der Waals surface area contributed by atoms with Crippen molar-refractivity contribution in [3.8, 4) is 5.75 Å². The van der Waals surface area contributed by atoms with Gasteiger partial charge in [0.2, 0.25) is 0 Å². The Kier molecular flexibility index (Phi) is 3.67. The summed E-state index contributed by atoms with van der Waals surface area (Å²) in [6.45, 7) is 0.636. The van der Waals surface area contributed by atoms with Crippen molar-refractivity contribution in [3.05, 3.63) is 63.7 Å². The largest absolute Gasteiger partial charge is 0.467 e. The number of aryl methyl sites for hydroxylation is 1. The van der Waals surface area contributed by atoms with Crippen molar-refractivity contribution in [3.63, 3.8) is 0 Å². The number of amides is 3. The Morgan fingerprint density at radius 2 is 2.04 bits per heavy atom. The number of halogens is 1. The monoisotopic (exact) mass is 384 g/mol. The molecule has 0 saturated carbocycles. The molecule has 3 amide bonds. The number of carbonyl (C=O) groups is 2. The average molecular weight is 385 g/mol. The molecule has 138 valence electrons. The van der Waals surface area contributed by atoms with E-state index in [1.165, 1.54) is 4.90 Å². The molecular weight excluding hydrogens is 368 g/mol. The summed E-state index contributed by atoms with van der Waals surface area (Å²) >= 11 is 6.21. The fourth-order valence-electron chi connectivity index (χ4n) is 4.28. The highest BCUT2D eigenvalue weighted by Crippen LogP contribution is 2.42. The molecule has 1 fully saturated rings. The van der Waals surface area contributed by atoms with Crippen molar-refractivity contribution >= 4 is 23.5 Å². The number of hydrogen-bond acceptors (Lipinski definition) is 4. The van der Waals surface area contributed by atoms with E-state index in [0.717, 1.165) is 23.1 Å². The number of nitrogens with zero attached hydrogens (tertiary/aromatic N) is 1. The first-order chi connectivity index (χ1) is 13.1.